The Labute approximate surface area is 170 Å². The molecule has 146 valence electrons. The van der Waals surface area contributed by atoms with Crippen LogP contribution in [0.2, 0.25) is 0 Å². The van der Waals surface area contributed by atoms with Gasteiger partial charge >= 0.3 is 0 Å². The molecule has 1 amide bonds. The van der Waals surface area contributed by atoms with Crippen LogP contribution in [0.1, 0.15) is 16.4 Å². The van der Waals surface area contributed by atoms with Gasteiger partial charge in [-0.3, -0.25) is 4.79 Å². The van der Waals surface area contributed by atoms with Crippen molar-refractivity contribution in [3.63, 3.8) is 0 Å². The summed E-state index contributed by atoms with van der Waals surface area (Å²) in [6.45, 7) is 0.242. The van der Waals surface area contributed by atoms with E-state index in [9.17, 15) is 13.2 Å². The number of primary sulfonamides is 1. The second-order valence-electron chi connectivity index (χ2n) is 5.72. The SMILES string of the molecule is Nc1nnc(S[C@H](C(=O)NCc2ccc(S(N)(=O)=O)cc2)c2ccccc2)s1. The van der Waals surface area contributed by atoms with Gasteiger partial charge in [0.05, 0.1) is 4.90 Å². The second kappa shape index (κ2) is 8.69. The van der Waals surface area contributed by atoms with E-state index in [1.54, 1.807) is 12.1 Å². The minimum atomic E-state index is -3.75. The van der Waals surface area contributed by atoms with Gasteiger partial charge in [-0.2, -0.15) is 0 Å². The van der Waals surface area contributed by atoms with E-state index in [1.165, 1.54) is 35.2 Å². The predicted octanol–water partition coefficient (Wildman–Crippen LogP) is 1.92. The lowest BCUT2D eigenvalue weighted by atomic mass is 10.1. The fraction of sp³-hybridized carbons (Fsp3) is 0.118. The second-order valence-corrected chi connectivity index (χ2v) is 9.64. The average Bonchev–Trinajstić information content (AvgIpc) is 3.09. The first-order valence-electron chi connectivity index (χ1n) is 8.03. The maximum Gasteiger partial charge on any atom is 0.238 e. The molecule has 0 fully saturated rings. The van der Waals surface area contributed by atoms with E-state index in [0.717, 1.165) is 11.1 Å². The number of thioether (sulfide) groups is 1. The molecule has 0 saturated heterocycles. The number of hydrogen-bond acceptors (Lipinski definition) is 8. The van der Waals surface area contributed by atoms with E-state index in [-0.39, 0.29) is 17.3 Å². The van der Waals surface area contributed by atoms with Crippen molar-refractivity contribution in [3.8, 4) is 0 Å². The van der Waals surface area contributed by atoms with Gasteiger partial charge in [0, 0.05) is 6.54 Å². The van der Waals surface area contributed by atoms with Crippen molar-refractivity contribution in [1.29, 1.82) is 0 Å². The van der Waals surface area contributed by atoms with Crippen molar-refractivity contribution < 1.29 is 13.2 Å². The van der Waals surface area contributed by atoms with E-state index in [0.29, 0.717) is 9.47 Å². The molecule has 3 aromatic rings. The Balaban J connectivity index is 1.72. The zero-order valence-corrected chi connectivity index (χ0v) is 16.9. The first kappa shape index (κ1) is 20.3. The lowest BCUT2D eigenvalue weighted by Gasteiger charge is -2.15. The highest BCUT2D eigenvalue weighted by atomic mass is 32.2. The number of carbonyl (C=O) groups is 1. The molecular weight excluding hydrogens is 418 g/mol. The van der Waals surface area contributed by atoms with Crippen molar-refractivity contribution in [1.82, 2.24) is 15.5 Å². The largest absolute Gasteiger partial charge is 0.374 e. The third-order valence-corrected chi connectivity index (χ3v) is 6.72. The van der Waals surface area contributed by atoms with Gasteiger partial charge in [-0.1, -0.05) is 65.6 Å². The number of rotatable bonds is 7. The van der Waals surface area contributed by atoms with Gasteiger partial charge in [-0.15, -0.1) is 10.2 Å². The number of nitrogens with zero attached hydrogens (tertiary/aromatic N) is 2. The maximum atomic E-state index is 12.8. The molecule has 0 aliphatic rings. The van der Waals surface area contributed by atoms with Gasteiger partial charge in [-0.05, 0) is 23.3 Å². The summed E-state index contributed by atoms with van der Waals surface area (Å²) >= 11 is 2.49. The molecule has 0 aliphatic heterocycles. The Morgan fingerprint density at radius 3 is 2.36 bits per heavy atom. The fourth-order valence-corrected chi connectivity index (χ4v) is 4.72. The van der Waals surface area contributed by atoms with Gasteiger partial charge in [0.2, 0.25) is 21.1 Å². The Morgan fingerprint density at radius 1 is 1.11 bits per heavy atom. The van der Waals surface area contributed by atoms with Crippen molar-refractivity contribution in [2.75, 3.05) is 5.73 Å². The smallest absolute Gasteiger partial charge is 0.238 e. The number of sulfonamides is 1. The van der Waals surface area contributed by atoms with E-state index in [1.807, 2.05) is 30.3 Å². The van der Waals surface area contributed by atoms with Crippen LogP contribution in [0.5, 0.6) is 0 Å². The number of aromatic nitrogens is 2. The van der Waals surface area contributed by atoms with Crippen LogP contribution in [0, 0.1) is 0 Å². The first-order valence-corrected chi connectivity index (χ1v) is 11.3. The minimum Gasteiger partial charge on any atom is -0.374 e. The molecule has 0 unspecified atom stereocenters. The van der Waals surface area contributed by atoms with Gasteiger partial charge in [0.15, 0.2) is 4.34 Å². The number of nitrogens with two attached hydrogens (primary N) is 2. The third-order valence-electron chi connectivity index (χ3n) is 3.70. The van der Waals surface area contributed by atoms with Crippen molar-refractivity contribution >= 4 is 44.2 Å². The van der Waals surface area contributed by atoms with Crippen LogP contribution in [-0.2, 0) is 21.4 Å². The molecule has 11 heteroatoms. The molecule has 5 N–H and O–H groups in total. The van der Waals surface area contributed by atoms with Gasteiger partial charge in [0.25, 0.3) is 0 Å². The number of nitrogen functional groups attached to an aromatic ring is 1. The molecule has 1 atom stereocenters. The lowest BCUT2D eigenvalue weighted by molar-refractivity contribution is -0.120. The average molecular weight is 436 g/mol. The molecule has 2 aromatic carbocycles. The lowest BCUT2D eigenvalue weighted by Crippen LogP contribution is -2.27. The molecule has 0 bridgehead atoms. The predicted molar refractivity (Wildman–Crippen MR) is 109 cm³/mol. The fourth-order valence-electron chi connectivity index (χ4n) is 2.35. The van der Waals surface area contributed by atoms with Gasteiger partial charge < -0.3 is 11.1 Å². The van der Waals surface area contributed by atoms with Crippen LogP contribution in [0.4, 0.5) is 5.13 Å². The van der Waals surface area contributed by atoms with Crippen LogP contribution in [0.25, 0.3) is 0 Å². The van der Waals surface area contributed by atoms with Crippen molar-refractivity contribution in [3.05, 3.63) is 65.7 Å². The Morgan fingerprint density at radius 2 is 1.79 bits per heavy atom. The van der Waals surface area contributed by atoms with Crippen LogP contribution in [0.3, 0.4) is 0 Å². The van der Waals surface area contributed by atoms with Crippen LogP contribution in [-0.4, -0.2) is 24.5 Å². The Bertz CT molecular complexity index is 1050. The standard InChI is InChI=1S/C17H17N5O3S3/c18-16-21-22-17(27-16)26-14(12-4-2-1-3-5-12)15(23)20-10-11-6-8-13(9-7-11)28(19,24)25/h1-9,14H,10H2,(H2,18,21)(H,20,23)(H2,19,24,25)/t14-/m0/s1. The first-order chi connectivity index (χ1) is 13.3. The summed E-state index contributed by atoms with van der Waals surface area (Å²) < 4.78 is 23.2. The monoisotopic (exact) mass is 435 g/mol. The molecule has 1 heterocycles. The van der Waals surface area contributed by atoms with Crippen LogP contribution >= 0.6 is 23.1 Å². The number of nitrogens with one attached hydrogen (secondary N) is 1. The summed E-state index contributed by atoms with van der Waals surface area (Å²) in [6, 6.07) is 15.3. The highest BCUT2D eigenvalue weighted by molar-refractivity contribution is 8.01. The molecule has 3 rings (SSSR count). The highest BCUT2D eigenvalue weighted by Gasteiger charge is 2.23. The van der Waals surface area contributed by atoms with Crippen molar-refractivity contribution in [2.24, 2.45) is 5.14 Å². The van der Waals surface area contributed by atoms with Gasteiger partial charge in [0.1, 0.15) is 5.25 Å². The van der Waals surface area contributed by atoms with Crippen LogP contribution in [0.15, 0.2) is 63.8 Å². The summed E-state index contributed by atoms with van der Waals surface area (Å²) in [7, 11) is -3.75. The summed E-state index contributed by atoms with van der Waals surface area (Å²) in [4.78, 5) is 12.9. The highest BCUT2D eigenvalue weighted by Crippen LogP contribution is 2.37. The topological polar surface area (TPSA) is 141 Å². The summed E-state index contributed by atoms with van der Waals surface area (Å²) in [6.07, 6.45) is 0. The number of carbonyl (C=O) groups excluding carboxylic acids is 1. The summed E-state index contributed by atoms with van der Waals surface area (Å²) in [5.74, 6) is -0.208. The molecule has 28 heavy (non-hydrogen) atoms. The number of hydrogen-bond donors (Lipinski definition) is 3. The van der Waals surface area contributed by atoms with Gasteiger partial charge in [-0.25, -0.2) is 13.6 Å². The number of amides is 1. The Kier molecular flexibility index (Phi) is 6.29. The maximum absolute atomic E-state index is 12.8. The quantitative estimate of drug-likeness (QED) is 0.481. The van der Waals surface area contributed by atoms with E-state index in [4.69, 9.17) is 10.9 Å². The zero-order chi connectivity index (χ0) is 20.1. The Hall–Kier alpha value is -2.47. The number of anilines is 1. The zero-order valence-electron chi connectivity index (χ0n) is 14.5. The molecule has 0 spiro atoms. The van der Waals surface area contributed by atoms with Crippen molar-refractivity contribution in [2.45, 2.75) is 21.0 Å². The summed E-state index contributed by atoms with van der Waals surface area (Å²) in [5.41, 5.74) is 7.20. The molecule has 1 aromatic heterocycles. The van der Waals surface area contributed by atoms with E-state index >= 15 is 0 Å². The molecule has 8 nitrogen and oxygen atoms in total. The summed E-state index contributed by atoms with van der Waals surface area (Å²) in [5, 5.41) is 15.5. The van der Waals surface area contributed by atoms with Crippen LogP contribution < -0.4 is 16.2 Å². The number of benzene rings is 2. The molecular formula is C17H17N5O3S3. The van der Waals surface area contributed by atoms with E-state index < -0.39 is 15.3 Å². The minimum absolute atomic E-state index is 0.0224. The van der Waals surface area contributed by atoms with E-state index in [2.05, 4.69) is 15.5 Å². The molecule has 0 aliphatic carbocycles. The molecule has 0 radical (unpaired) electrons. The molecule has 0 saturated carbocycles. The normalized spacial score (nSPS) is 12.5. The third kappa shape index (κ3) is 5.29.